The lowest BCUT2D eigenvalue weighted by Gasteiger charge is -2.26. The van der Waals surface area contributed by atoms with Gasteiger partial charge in [-0.2, -0.15) is 4.31 Å². The Morgan fingerprint density at radius 1 is 1.15 bits per heavy atom. The van der Waals surface area contributed by atoms with Crippen LogP contribution in [0, 0.1) is 10.1 Å². The molecule has 1 aliphatic rings. The summed E-state index contributed by atoms with van der Waals surface area (Å²) >= 11 is 0. The first-order valence-corrected chi connectivity index (χ1v) is 11.6. The molecule has 1 N–H and O–H groups in total. The van der Waals surface area contributed by atoms with Gasteiger partial charge >= 0.3 is 5.69 Å². The normalized spacial score (nSPS) is 14.7. The SMILES string of the molecule is COc1ccc(C(=O)Nc2cc(S(=O)(=O)N3CCOCC3)ccc2OC(C)C)cc1[N+](=O)[O-]. The molecule has 33 heavy (non-hydrogen) atoms. The van der Waals surface area contributed by atoms with Gasteiger partial charge in [-0.3, -0.25) is 14.9 Å². The third kappa shape index (κ3) is 5.59. The zero-order valence-corrected chi connectivity index (χ0v) is 19.3. The van der Waals surface area contributed by atoms with Crippen molar-refractivity contribution >= 4 is 27.3 Å². The first-order valence-electron chi connectivity index (χ1n) is 10.2. The fraction of sp³-hybridized carbons (Fsp3) is 0.381. The van der Waals surface area contributed by atoms with Gasteiger partial charge in [0.1, 0.15) is 5.75 Å². The van der Waals surface area contributed by atoms with Crippen molar-refractivity contribution in [3.8, 4) is 11.5 Å². The van der Waals surface area contributed by atoms with Crippen molar-refractivity contribution in [1.29, 1.82) is 0 Å². The van der Waals surface area contributed by atoms with Gasteiger partial charge in [0.25, 0.3) is 5.91 Å². The Morgan fingerprint density at radius 3 is 2.42 bits per heavy atom. The van der Waals surface area contributed by atoms with Crippen molar-refractivity contribution in [2.45, 2.75) is 24.8 Å². The maximum Gasteiger partial charge on any atom is 0.311 e. The summed E-state index contributed by atoms with van der Waals surface area (Å²) in [4.78, 5) is 23.5. The molecule has 1 amide bonds. The molecule has 0 bridgehead atoms. The number of methoxy groups -OCH3 is 1. The molecule has 1 aliphatic heterocycles. The molecule has 178 valence electrons. The average Bonchev–Trinajstić information content (AvgIpc) is 2.79. The smallest absolute Gasteiger partial charge is 0.311 e. The Labute approximate surface area is 191 Å². The zero-order chi connectivity index (χ0) is 24.2. The van der Waals surface area contributed by atoms with Crippen molar-refractivity contribution in [3.63, 3.8) is 0 Å². The maximum atomic E-state index is 13.0. The van der Waals surface area contributed by atoms with E-state index in [0.717, 1.165) is 6.07 Å². The largest absolute Gasteiger partial charge is 0.490 e. The molecule has 0 aromatic heterocycles. The van der Waals surface area contributed by atoms with E-state index in [2.05, 4.69) is 5.32 Å². The molecular weight excluding hydrogens is 454 g/mol. The lowest BCUT2D eigenvalue weighted by Crippen LogP contribution is -2.40. The number of sulfonamides is 1. The van der Waals surface area contributed by atoms with Crippen LogP contribution in [-0.4, -0.2) is 63.1 Å². The topological polar surface area (TPSA) is 137 Å². The van der Waals surface area contributed by atoms with Crippen LogP contribution < -0.4 is 14.8 Å². The number of amides is 1. The fourth-order valence-corrected chi connectivity index (χ4v) is 4.66. The summed E-state index contributed by atoms with van der Waals surface area (Å²) < 4.78 is 43.3. The summed E-state index contributed by atoms with van der Waals surface area (Å²) in [5.41, 5.74) is -0.242. The summed E-state index contributed by atoms with van der Waals surface area (Å²) in [6.07, 6.45) is -0.246. The molecule has 2 aromatic rings. The van der Waals surface area contributed by atoms with Crippen LogP contribution in [-0.2, 0) is 14.8 Å². The lowest BCUT2D eigenvalue weighted by atomic mass is 10.1. The number of hydrogen-bond acceptors (Lipinski definition) is 8. The molecule has 2 aromatic carbocycles. The predicted octanol–water partition coefficient (Wildman–Crippen LogP) is 2.66. The molecule has 0 atom stereocenters. The van der Waals surface area contributed by atoms with Gasteiger partial charge < -0.3 is 19.5 Å². The third-order valence-electron chi connectivity index (χ3n) is 4.81. The Kier molecular flexibility index (Phi) is 7.51. The number of nitrogens with zero attached hydrogens (tertiary/aromatic N) is 2. The second kappa shape index (κ2) is 10.1. The first kappa shape index (κ1) is 24.4. The second-order valence-electron chi connectivity index (χ2n) is 7.44. The molecule has 1 fully saturated rings. The zero-order valence-electron chi connectivity index (χ0n) is 18.4. The number of morpholine rings is 1. The average molecular weight is 480 g/mol. The third-order valence-corrected chi connectivity index (χ3v) is 6.70. The van der Waals surface area contributed by atoms with Crippen LogP contribution >= 0.6 is 0 Å². The quantitative estimate of drug-likeness (QED) is 0.451. The highest BCUT2D eigenvalue weighted by atomic mass is 32.2. The van der Waals surface area contributed by atoms with E-state index in [-0.39, 0.29) is 52.5 Å². The van der Waals surface area contributed by atoms with E-state index in [1.54, 1.807) is 13.8 Å². The van der Waals surface area contributed by atoms with Gasteiger partial charge in [0.2, 0.25) is 10.0 Å². The molecule has 1 saturated heterocycles. The van der Waals surface area contributed by atoms with Crippen LogP contribution in [0.15, 0.2) is 41.3 Å². The summed E-state index contributed by atoms with van der Waals surface area (Å²) in [6.45, 7) is 4.63. The van der Waals surface area contributed by atoms with Gasteiger partial charge in [0.15, 0.2) is 5.75 Å². The molecule has 0 saturated carbocycles. The Bertz CT molecular complexity index is 1140. The van der Waals surface area contributed by atoms with E-state index < -0.39 is 20.9 Å². The van der Waals surface area contributed by atoms with Crippen molar-refractivity contribution in [1.82, 2.24) is 4.31 Å². The van der Waals surface area contributed by atoms with Crippen molar-refractivity contribution in [3.05, 3.63) is 52.1 Å². The molecule has 3 rings (SSSR count). The number of carbonyl (C=O) groups excluding carboxylic acids is 1. The minimum absolute atomic E-state index is 0.000522. The number of nitrogens with one attached hydrogen (secondary N) is 1. The summed E-state index contributed by atoms with van der Waals surface area (Å²) in [7, 11) is -2.53. The number of nitro benzene ring substituents is 1. The van der Waals surface area contributed by atoms with Gasteiger partial charge in [-0.15, -0.1) is 0 Å². The number of nitro groups is 1. The molecule has 0 aliphatic carbocycles. The van der Waals surface area contributed by atoms with E-state index >= 15 is 0 Å². The van der Waals surface area contributed by atoms with E-state index in [0.29, 0.717) is 13.2 Å². The first-order chi connectivity index (χ1) is 15.6. The van der Waals surface area contributed by atoms with Crippen LogP contribution in [0.25, 0.3) is 0 Å². The molecule has 11 nitrogen and oxygen atoms in total. The number of hydrogen-bond donors (Lipinski definition) is 1. The minimum atomic E-state index is -3.82. The van der Waals surface area contributed by atoms with Crippen molar-refractivity contribution in [2.75, 3.05) is 38.7 Å². The number of rotatable bonds is 8. The van der Waals surface area contributed by atoms with Crippen LogP contribution in [0.3, 0.4) is 0 Å². The Morgan fingerprint density at radius 2 is 1.82 bits per heavy atom. The Hall–Kier alpha value is -3.22. The molecule has 0 unspecified atom stereocenters. The second-order valence-corrected chi connectivity index (χ2v) is 9.38. The summed E-state index contributed by atoms with van der Waals surface area (Å²) in [5.74, 6) is -0.392. The molecule has 0 radical (unpaired) electrons. The van der Waals surface area contributed by atoms with Crippen molar-refractivity contribution < 1.29 is 32.3 Å². The highest BCUT2D eigenvalue weighted by Gasteiger charge is 2.28. The van der Waals surface area contributed by atoms with E-state index in [4.69, 9.17) is 14.2 Å². The molecule has 1 heterocycles. The summed E-state index contributed by atoms with van der Waals surface area (Å²) in [5, 5.41) is 13.9. The minimum Gasteiger partial charge on any atom is -0.490 e. The van der Waals surface area contributed by atoms with Gasteiger partial charge in [-0.1, -0.05) is 0 Å². The van der Waals surface area contributed by atoms with Crippen LogP contribution in [0.2, 0.25) is 0 Å². The fourth-order valence-electron chi connectivity index (χ4n) is 3.23. The molecular formula is C21H25N3O8S. The highest BCUT2D eigenvalue weighted by molar-refractivity contribution is 7.89. The lowest BCUT2D eigenvalue weighted by molar-refractivity contribution is -0.385. The monoisotopic (exact) mass is 479 g/mol. The van der Waals surface area contributed by atoms with Gasteiger partial charge in [-0.05, 0) is 44.2 Å². The number of ether oxygens (including phenoxy) is 3. The number of anilines is 1. The molecule has 12 heteroatoms. The maximum absolute atomic E-state index is 13.0. The van der Waals surface area contributed by atoms with Crippen LogP contribution in [0.1, 0.15) is 24.2 Å². The standard InChI is InChI=1S/C21H25N3O8S/c1-14(2)32-19-7-5-16(33(28,29)23-8-10-31-11-9-23)13-17(19)22-21(25)15-4-6-20(30-3)18(12-15)24(26)27/h4-7,12-14H,8-11H2,1-3H3,(H,22,25). The van der Waals surface area contributed by atoms with Gasteiger partial charge in [0.05, 0.1) is 41.9 Å². The highest BCUT2D eigenvalue weighted by Crippen LogP contribution is 2.32. The van der Waals surface area contributed by atoms with Gasteiger partial charge in [-0.25, -0.2) is 8.42 Å². The molecule has 0 spiro atoms. The van der Waals surface area contributed by atoms with Gasteiger partial charge in [0, 0.05) is 24.7 Å². The van der Waals surface area contributed by atoms with Crippen LogP contribution in [0.4, 0.5) is 11.4 Å². The van der Waals surface area contributed by atoms with Crippen molar-refractivity contribution in [2.24, 2.45) is 0 Å². The van der Waals surface area contributed by atoms with E-state index in [1.165, 1.54) is 41.7 Å². The van der Waals surface area contributed by atoms with E-state index in [1.807, 2.05) is 0 Å². The Balaban J connectivity index is 1.96. The predicted molar refractivity (Wildman–Crippen MR) is 119 cm³/mol. The number of carbonyl (C=O) groups is 1. The van der Waals surface area contributed by atoms with Crippen LogP contribution in [0.5, 0.6) is 11.5 Å². The van der Waals surface area contributed by atoms with E-state index in [9.17, 15) is 23.3 Å². The summed E-state index contributed by atoms with van der Waals surface area (Å²) in [6, 6.07) is 7.98. The number of benzene rings is 2.